The van der Waals surface area contributed by atoms with Crippen molar-refractivity contribution >= 4 is 33.4 Å². The summed E-state index contributed by atoms with van der Waals surface area (Å²) >= 11 is 3.47. The molecule has 0 bridgehead atoms. The number of aromatic amines is 1. The first-order valence-electron chi connectivity index (χ1n) is 7.86. The number of ketones is 1. The molecule has 3 rings (SSSR count). The normalized spacial score (nSPS) is 11.3. The number of hydrogen-bond acceptors (Lipinski definition) is 4. The summed E-state index contributed by atoms with van der Waals surface area (Å²) < 4.78 is 11.3. The van der Waals surface area contributed by atoms with Crippen molar-refractivity contribution in [1.29, 1.82) is 0 Å². The summed E-state index contributed by atoms with van der Waals surface area (Å²) in [5, 5.41) is 0. The first-order chi connectivity index (χ1) is 12.6. The molecular formula is C20H17BrN2O3. The van der Waals surface area contributed by atoms with Gasteiger partial charge in [-0.25, -0.2) is 4.98 Å². The van der Waals surface area contributed by atoms with E-state index in [1.54, 1.807) is 57.0 Å². The number of nitrogens with one attached hydrogen (secondary N) is 1. The van der Waals surface area contributed by atoms with E-state index in [1.165, 1.54) is 0 Å². The molecular weight excluding hydrogens is 396 g/mol. The minimum Gasteiger partial charge on any atom is -0.497 e. The second kappa shape index (κ2) is 8.01. The molecule has 0 saturated carbocycles. The number of hydrogen-bond donors (Lipinski definition) is 1. The summed E-state index contributed by atoms with van der Waals surface area (Å²) in [6.45, 7) is 0. The Morgan fingerprint density at radius 1 is 1.15 bits per heavy atom. The number of carbonyl (C=O) groups is 1. The van der Waals surface area contributed by atoms with Gasteiger partial charge in [0.25, 0.3) is 0 Å². The van der Waals surface area contributed by atoms with E-state index in [1.807, 2.05) is 18.2 Å². The zero-order valence-corrected chi connectivity index (χ0v) is 15.9. The van der Waals surface area contributed by atoms with Crippen molar-refractivity contribution < 1.29 is 14.3 Å². The number of imidazole rings is 1. The molecule has 26 heavy (non-hydrogen) atoms. The molecule has 0 saturated heterocycles. The number of ether oxygens (including phenoxy) is 2. The number of halogens is 1. The predicted octanol–water partition coefficient (Wildman–Crippen LogP) is 4.61. The first-order valence-corrected chi connectivity index (χ1v) is 8.65. The fourth-order valence-corrected chi connectivity index (χ4v) is 3.07. The number of aromatic nitrogens is 2. The molecule has 132 valence electrons. The maximum atomic E-state index is 13.1. The SMILES string of the molecule is COc1cccc(C(=O)/C(=C/c2ccc(OC)c(Br)c2)c2ncc[nH]2)c1. The average Bonchev–Trinajstić information content (AvgIpc) is 3.20. The summed E-state index contributed by atoms with van der Waals surface area (Å²) in [5.41, 5.74) is 1.83. The van der Waals surface area contributed by atoms with Crippen molar-refractivity contribution in [3.8, 4) is 11.5 Å². The third kappa shape index (κ3) is 3.86. The van der Waals surface area contributed by atoms with Gasteiger partial charge in [-0.2, -0.15) is 0 Å². The van der Waals surface area contributed by atoms with E-state index >= 15 is 0 Å². The quantitative estimate of drug-likeness (QED) is 0.474. The van der Waals surface area contributed by atoms with E-state index in [9.17, 15) is 4.79 Å². The van der Waals surface area contributed by atoms with Crippen LogP contribution in [0.5, 0.6) is 11.5 Å². The van der Waals surface area contributed by atoms with E-state index in [2.05, 4.69) is 25.9 Å². The van der Waals surface area contributed by atoms with Crippen LogP contribution < -0.4 is 9.47 Å². The minimum atomic E-state index is -0.147. The lowest BCUT2D eigenvalue weighted by Gasteiger charge is -2.08. The van der Waals surface area contributed by atoms with Gasteiger partial charge in [0.1, 0.15) is 17.3 Å². The fraction of sp³-hybridized carbons (Fsp3) is 0.100. The van der Waals surface area contributed by atoms with Crippen LogP contribution in [0.1, 0.15) is 21.7 Å². The Hall–Kier alpha value is -2.86. The summed E-state index contributed by atoms with van der Waals surface area (Å²) in [4.78, 5) is 20.4. The molecule has 1 N–H and O–H groups in total. The topological polar surface area (TPSA) is 64.2 Å². The Morgan fingerprint density at radius 3 is 2.65 bits per heavy atom. The maximum Gasteiger partial charge on any atom is 0.196 e. The average molecular weight is 413 g/mol. The Morgan fingerprint density at radius 2 is 2.00 bits per heavy atom. The van der Waals surface area contributed by atoms with Crippen molar-refractivity contribution in [3.63, 3.8) is 0 Å². The van der Waals surface area contributed by atoms with Crippen LogP contribution in [0.3, 0.4) is 0 Å². The van der Waals surface area contributed by atoms with Gasteiger partial charge < -0.3 is 14.5 Å². The van der Waals surface area contributed by atoms with Crippen LogP contribution in [0, 0.1) is 0 Å². The standard InChI is InChI=1S/C20H17BrN2O3/c1-25-15-5-3-4-14(12-15)19(24)16(20-22-8-9-23-20)10-13-6-7-18(26-2)17(21)11-13/h3-12H,1-2H3,(H,22,23)/b16-10-. The first kappa shape index (κ1) is 17.9. The van der Waals surface area contributed by atoms with Crippen LogP contribution in [0.25, 0.3) is 11.6 Å². The molecule has 0 radical (unpaired) electrons. The fourth-order valence-electron chi connectivity index (χ4n) is 2.51. The zero-order valence-electron chi connectivity index (χ0n) is 14.3. The second-order valence-electron chi connectivity index (χ2n) is 5.45. The molecule has 5 nitrogen and oxygen atoms in total. The molecule has 6 heteroatoms. The van der Waals surface area contributed by atoms with Gasteiger partial charge in [0.2, 0.25) is 0 Å². The molecule has 0 amide bonds. The molecule has 0 aliphatic carbocycles. The Bertz CT molecular complexity index is 949. The van der Waals surface area contributed by atoms with Gasteiger partial charge in [0.05, 0.1) is 24.3 Å². The molecule has 0 atom stereocenters. The van der Waals surface area contributed by atoms with Gasteiger partial charge >= 0.3 is 0 Å². The largest absolute Gasteiger partial charge is 0.497 e. The van der Waals surface area contributed by atoms with E-state index in [0.29, 0.717) is 22.7 Å². The maximum absolute atomic E-state index is 13.1. The Kier molecular flexibility index (Phi) is 5.53. The number of carbonyl (C=O) groups excluding carboxylic acids is 1. The van der Waals surface area contributed by atoms with Crippen LogP contribution in [-0.4, -0.2) is 30.0 Å². The number of nitrogens with zero attached hydrogens (tertiary/aromatic N) is 1. The molecule has 3 aromatic rings. The highest BCUT2D eigenvalue weighted by Crippen LogP contribution is 2.28. The van der Waals surface area contributed by atoms with E-state index < -0.39 is 0 Å². The van der Waals surface area contributed by atoms with Gasteiger partial charge in [-0.1, -0.05) is 18.2 Å². The summed E-state index contributed by atoms with van der Waals surface area (Å²) in [5.74, 6) is 1.71. The van der Waals surface area contributed by atoms with Crippen LogP contribution in [0.15, 0.2) is 59.3 Å². The van der Waals surface area contributed by atoms with Crippen molar-refractivity contribution in [2.24, 2.45) is 0 Å². The Balaban J connectivity index is 2.06. The lowest BCUT2D eigenvalue weighted by atomic mass is 10.00. The predicted molar refractivity (Wildman–Crippen MR) is 104 cm³/mol. The lowest BCUT2D eigenvalue weighted by Crippen LogP contribution is -2.05. The highest BCUT2D eigenvalue weighted by atomic mass is 79.9. The van der Waals surface area contributed by atoms with Gasteiger partial charge in [-0.05, 0) is 51.8 Å². The highest BCUT2D eigenvalue weighted by Gasteiger charge is 2.17. The van der Waals surface area contributed by atoms with Gasteiger partial charge in [-0.15, -0.1) is 0 Å². The van der Waals surface area contributed by atoms with Crippen molar-refractivity contribution in [2.75, 3.05) is 14.2 Å². The number of methoxy groups -OCH3 is 2. The van der Waals surface area contributed by atoms with Crippen molar-refractivity contribution in [2.45, 2.75) is 0 Å². The molecule has 1 aromatic heterocycles. The molecule has 1 heterocycles. The Labute approximate surface area is 159 Å². The third-order valence-corrected chi connectivity index (χ3v) is 4.44. The monoisotopic (exact) mass is 412 g/mol. The zero-order chi connectivity index (χ0) is 18.5. The minimum absolute atomic E-state index is 0.147. The highest BCUT2D eigenvalue weighted by molar-refractivity contribution is 9.10. The number of Topliss-reactive ketones (excluding diaryl/α,β-unsaturated/α-hetero) is 1. The summed E-state index contributed by atoms with van der Waals surface area (Å²) in [6, 6.07) is 12.7. The molecule has 0 unspecified atom stereocenters. The van der Waals surface area contributed by atoms with Crippen LogP contribution >= 0.6 is 15.9 Å². The van der Waals surface area contributed by atoms with E-state index in [0.717, 1.165) is 15.8 Å². The number of H-pyrrole nitrogens is 1. The van der Waals surface area contributed by atoms with E-state index in [-0.39, 0.29) is 5.78 Å². The van der Waals surface area contributed by atoms with E-state index in [4.69, 9.17) is 9.47 Å². The second-order valence-corrected chi connectivity index (χ2v) is 6.31. The molecule has 0 aliphatic rings. The third-order valence-electron chi connectivity index (χ3n) is 3.82. The number of rotatable bonds is 6. The summed E-state index contributed by atoms with van der Waals surface area (Å²) in [7, 11) is 3.18. The molecule has 0 spiro atoms. The lowest BCUT2D eigenvalue weighted by molar-refractivity contribution is 0.105. The van der Waals surface area contributed by atoms with Crippen molar-refractivity contribution in [3.05, 3.63) is 76.3 Å². The molecule has 0 fully saturated rings. The van der Waals surface area contributed by atoms with Crippen molar-refractivity contribution in [1.82, 2.24) is 9.97 Å². The molecule has 2 aromatic carbocycles. The van der Waals surface area contributed by atoms with Gasteiger partial charge in [0.15, 0.2) is 5.78 Å². The van der Waals surface area contributed by atoms with Crippen LogP contribution in [0.4, 0.5) is 0 Å². The van der Waals surface area contributed by atoms with Crippen LogP contribution in [0.2, 0.25) is 0 Å². The van der Waals surface area contributed by atoms with Gasteiger partial charge in [-0.3, -0.25) is 4.79 Å². The number of benzene rings is 2. The smallest absolute Gasteiger partial charge is 0.196 e. The van der Waals surface area contributed by atoms with Crippen LogP contribution in [-0.2, 0) is 0 Å². The molecule has 0 aliphatic heterocycles. The summed E-state index contributed by atoms with van der Waals surface area (Å²) in [6.07, 6.45) is 5.10. The number of allylic oxidation sites excluding steroid dienone is 1. The van der Waals surface area contributed by atoms with Gasteiger partial charge in [0, 0.05) is 18.0 Å².